The third kappa shape index (κ3) is 1.59. The van der Waals surface area contributed by atoms with Crippen molar-refractivity contribution >= 4 is 11.0 Å². The number of rotatable bonds is 3. The summed E-state index contributed by atoms with van der Waals surface area (Å²) in [7, 11) is 0. The fourth-order valence-electron chi connectivity index (χ4n) is 1.52. The van der Waals surface area contributed by atoms with E-state index in [1.807, 2.05) is 12.1 Å². The summed E-state index contributed by atoms with van der Waals surface area (Å²) in [5, 5.41) is 19.3. The number of fused-ring (bicyclic) bond motifs is 1. The summed E-state index contributed by atoms with van der Waals surface area (Å²) in [4.78, 5) is 0. The van der Waals surface area contributed by atoms with Gasteiger partial charge in [0.1, 0.15) is 11.3 Å². The second-order valence-corrected chi connectivity index (χ2v) is 3.27. The van der Waals surface area contributed by atoms with Gasteiger partial charge in [-0.3, -0.25) is 0 Å². The fraction of sp³-hybridized carbons (Fsp3) is 0.273. The molecule has 1 heterocycles. The molecule has 2 aromatic rings. The first-order valence-electron chi connectivity index (χ1n) is 4.61. The molecule has 0 radical (unpaired) electrons. The summed E-state index contributed by atoms with van der Waals surface area (Å²) in [5.41, 5.74) is 1.54. The standard InChI is InChI=1S/C11H12O3/c12-4-1-2-8-6-9-3-5-14-11(9)7-10(8)13/h3,5-7,12-13H,1-2,4H2. The lowest BCUT2D eigenvalue weighted by Crippen LogP contribution is -1.89. The van der Waals surface area contributed by atoms with Crippen molar-refractivity contribution in [2.24, 2.45) is 0 Å². The minimum absolute atomic E-state index is 0.142. The number of hydrogen-bond acceptors (Lipinski definition) is 3. The second kappa shape index (κ2) is 3.72. The Balaban J connectivity index is 2.38. The zero-order valence-corrected chi connectivity index (χ0v) is 7.73. The Morgan fingerprint density at radius 1 is 1.29 bits per heavy atom. The third-order valence-electron chi connectivity index (χ3n) is 2.26. The normalized spacial score (nSPS) is 10.9. The number of aliphatic hydroxyl groups excluding tert-OH is 1. The van der Waals surface area contributed by atoms with Crippen molar-refractivity contribution in [3.63, 3.8) is 0 Å². The maximum Gasteiger partial charge on any atom is 0.137 e. The second-order valence-electron chi connectivity index (χ2n) is 3.27. The van der Waals surface area contributed by atoms with Crippen molar-refractivity contribution < 1.29 is 14.6 Å². The van der Waals surface area contributed by atoms with E-state index in [2.05, 4.69) is 0 Å². The van der Waals surface area contributed by atoms with Gasteiger partial charge in [0.05, 0.1) is 6.26 Å². The smallest absolute Gasteiger partial charge is 0.137 e. The van der Waals surface area contributed by atoms with E-state index in [4.69, 9.17) is 9.52 Å². The first-order valence-corrected chi connectivity index (χ1v) is 4.61. The minimum Gasteiger partial charge on any atom is -0.508 e. The van der Waals surface area contributed by atoms with E-state index in [9.17, 15) is 5.11 Å². The molecule has 0 unspecified atom stereocenters. The molecule has 1 aromatic heterocycles. The first kappa shape index (κ1) is 9.09. The Labute approximate surface area is 81.6 Å². The Bertz CT molecular complexity index is 431. The van der Waals surface area contributed by atoms with Gasteiger partial charge in [-0.25, -0.2) is 0 Å². The Morgan fingerprint density at radius 3 is 2.93 bits per heavy atom. The Kier molecular flexibility index (Phi) is 2.41. The van der Waals surface area contributed by atoms with Gasteiger partial charge in [-0.05, 0) is 30.5 Å². The van der Waals surface area contributed by atoms with Crippen LogP contribution in [0.3, 0.4) is 0 Å². The molecule has 0 fully saturated rings. The largest absolute Gasteiger partial charge is 0.508 e. The molecule has 2 rings (SSSR count). The molecule has 74 valence electrons. The molecule has 0 spiro atoms. The molecular formula is C11H12O3. The summed E-state index contributed by atoms with van der Waals surface area (Å²) in [6.45, 7) is 0.142. The van der Waals surface area contributed by atoms with Crippen LogP contribution in [0.4, 0.5) is 0 Å². The monoisotopic (exact) mass is 192 g/mol. The highest BCUT2D eigenvalue weighted by Crippen LogP contribution is 2.26. The van der Waals surface area contributed by atoms with Crippen LogP contribution >= 0.6 is 0 Å². The predicted molar refractivity (Wildman–Crippen MR) is 53.3 cm³/mol. The van der Waals surface area contributed by atoms with Gasteiger partial charge in [0.25, 0.3) is 0 Å². The Hall–Kier alpha value is -1.48. The van der Waals surface area contributed by atoms with Gasteiger partial charge in [-0.1, -0.05) is 0 Å². The molecule has 0 aliphatic rings. The van der Waals surface area contributed by atoms with Gasteiger partial charge < -0.3 is 14.6 Å². The summed E-state index contributed by atoms with van der Waals surface area (Å²) < 4.78 is 5.15. The SMILES string of the molecule is OCCCc1cc2ccoc2cc1O. The number of aromatic hydroxyl groups is 1. The molecule has 0 saturated heterocycles. The van der Waals surface area contributed by atoms with E-state index in [0.717, 1.165) is 10.9 Å². The molecule has 0 bridgehead atoms. The molecule has 3 heteroatoms. The van der Waals surface area contributed by atoms with Crippen molar-refractivity contribution in [2.45, 2.75) is 12.8 Å². The van der Waals surface area contributed by atoms with Crippen LogP contribution < -0.4 is 0 Å². The van der Waals surface area contributed by atoms with Crippen molar-refractivity contribution in [3.05, 3.63) is 30.0 Å². The zero-order valence-electron chi connectivity index (χ0n) is 7.73. The average Bonchev–Trinajstić information content (AvgIpc) is 2.61. The summed E-state index contributed by atoms with van der Waals surface area (Å²) in [6.07, 6.45) is 2.94. The van der Waals surface area contributed by atoms with Crippen LogP contribution in [0.25, 0.3) is 11.0 Å². The van der Waals surface area contributed by atoms with E-state index >= 15 is 0 Å². The number of aryl methyl sites for hydroxylation is 1. The summed E-state index contributed by atoms with van der Waals surface area (Å²) >= 11 is 0. The summed E-state index contributed by atoms with van der Waals surface area (Å²) in [6, 6.07) is 5.36. The predicted octanol–water partition coefficient (Wildman–Crippen LogP) is 2.06. The van der Waals surface area contributed by atoms with E-state index in [-0.39, 0.29) is 12.4 Å². The molecule has 0 aliphatic heterocycles. The highest BCUT2D eigenvalue weighted by molar-refractivity contribution is 5.79. The fourth-order valence-corrected chi connectivity index (χ4v) is 1.52. The molecule has 0 saturated carbocycles. The van der Waals surface area contributed by atoms with Crippen LogP contribution in [0, 0.1) is 0 Å². The van der Waals surface area contributed by atoms with Crippen LogP contribution in [-0.4, -0.2) is 16.8 Å². The lowest BCUT2D eigenvalue weighted by atomic mass is 10.1. The van der Waals surface area contributed by atoms with Crippen molar-refractivity contribution in [1.29, 1.82) is 0 Å². The van der Waals surface area contributed by atoms with Crippen LogP contribution in [0.5, 0.6) is 5.75 Å². The van der Waals surface area contributed by atoms with E-state index in [1.54, 1.807) is 12.3 Å². The number of hydrogen-bond donors (Lipinski definition) is 2. The van der Waals surface area contributed by atoms with Gasteiger partial charge in [0.15, 0.2) is 0 Å². The number of furan rings is 1. The van der Waals surface area contributed by atoms with Gasteiger partial charge in [0, 0.05) is 18.1 Å². The highest BCUT2D eigenvalue weighted by atomic mass is 16.3. The molecular weight excluding hydrogens is 180 g/mol. The third-order valence-corrected chi connectivity index (χ3v) is 2.26. The molecule has 1 aromatic carbocycles. The van der Waals surface area contributed by atoms with Crippen LogP contribution in [0.1, 0.15) is 12.0 Å². The van der Waals surface area contributed by atoms with Crippen LogP contribution in [-0.2, 0) is 6.42 Å². The van der Waals surface area contributed by atoms with Crippen molar-refractivity contribution in [3.8, 4) is 5.75 Å². The van der Waals surface area contributed by atoms with Gasteiger partial charge in [0.2, 0.25) is 0 Å². The number of phenols is 1. The topological polar surface area (TPSA) is 53.6 Å². The van der Waals surface area contributed by atoms with E-state index in [1.165, 1.54) is 0 Å². The quantitative estimate of drug-likeness (QED) is 0.782. The number of benzene rings is 1. The Morgan fingerprint density at radius 2 is 2.14 bits per heavy atom. The molecule has 0 amide bonds. The highest BCUT2D eigenvalue weighted by Gasteiger charge is 2.05. The average molecular weight is 192 g/mol. The minimum atomic E-state index is 0.142. The molecule has 0 atom stereocenters. The lowest BCUT2D eigenvalue weighted by Gasteiger charge is -2.02. The van der Waals surface area contributed by atoms with Crippen LogP contribution in [0.2, 0.25) is 0 Å². The number of aliphatic hydroxyl groups is 1. The molecule has 0 aliphatic carbocycles. The van der Waals surface area contributed by atoms with Crippen molar-refractivity contribution in [1.82, 2.24) is 0 Å². The van der Waals surface area contributed by atoms with E-state index in [0.29, 0.717) is 18.4 Å². The van der Waals surface area contributed by atoms with Gasteiger partial charge in [-0.2, -0.15) is 0 Å². The maximum atomic E-state index is 9.61. The van der Waals surface area contributed by atoms with E-state index < -0.39 is 0 Å². The molecule has 2 N–H and O–H groups in total. The van der Waals surface area contributed by atoms with Gasteiger partial charge in [-0.15, -0.1) is 0 Å². The number of phenolic OH excluding ortho intramolecular Hbond substituents is 1. The van der Waals surface area contributed by atoms with Crippen LogP contribution in [0.15, 0.2) is 28.9 Å². The molecule has 3 nitrogen and oxygen atoms in total. The van der Waals surface area contributed by atoms with Gasteiger partial charge >= 0.3 is 0 Å². The molecule has 14 heavy (non-hydrogen) atoms. The maximum absolute atomic E-state index is 9.61. The zero-order chi connectivity index (χ0) is 9.97. The lowest BCUT2D eigenvalue weighted by molar-refractivity contribution is 0.288. The van der Waals surface area contributed by atoms with Crippen molar-refractivity contribution in [2.75, 3.05) is 6.61 Å². The first-order chi connectivity index (χ1) is 6.81. The summed E-state index contributed by atoms with van der Waals surface area (Å²) in [5.74, 6) is 0.237.